The molecular formula is C11H15ClN2. The minimum Gasteiger partial charge on any atom is -0.357 e. The minimum absolute atomic E-state index is 0.584. The average Bonchev–Trinajstić information content (AvgIpc) is 2.19. The van der Waals surface area contributed by atoms with E-state index in [4.69, 9.17) is 11.6 Å². The molecule has 1 aliphatic heterocycles. The molecule has 2 heterocycles. The molecule has 1 fully saturated rings. The first-order valence-corrected chi connectivity index (χ1v) is 5.51. The van der Waals surface area contributed by atoms with Crippen molar-refractivity contribution < 1.29 is 0 Å². The Morgan fingerprint density at radius 1 is 1.36 bits per heavy atom. The highest BCUT2D eigenvalue weighted by Crippen LogP contribution is 2.22. The van der Waals surface area contributed by atoms with Crippen LogP contribution < -0.4 is 4.90 Å². The van der Waals surface area contributed by atoms with E-state index >= 15 is 0 Å². The SMILES string of the molecule is CC1CCN(c2cccc(Cl)n2)CC1. The smallest absolute Gasteiger partial charge is 0.131 e. The lowest BCUT2D eigenvalue weighted by molar-refractivity contribution is 0.436. The second-order valence-corrected chi connectivity index (χ2v) is 4.38. The maximum atomic E-state index is 5.85. The molecule has 14 heavy (non-hydrogen) atoms. The molecule has 76 valence electrons. The molecule has 1 aromatic rings. The Labute approximate surface area is 89.9 Å². The van der Waals surface area contributed by atoms with Gasteiger partial charge in [-0.1, -0.05) is 24.6 Å². The van der Waals surface area contributed by atoms with Gasteiger partial charge in [-0.15, -0.1) is 0 Å². The number of pyridine rings is 1. The van der Waals surface area contributed by atoms with Crippen molar-refractivity contribution in [3.05, 3.63) is 23.4 Å². The maximum absolute atomic E-state index is 5.85. The van der Waals surface area contributed by atoms with Crippen LogP contribution >= 0.6 is 11.6 Å². The molecular weight excluding hydrogens is 196 g/mol. The highest BCUT2D eigenvalue weighted by Gasteiger charge is 2.16. The first-order chi connectivity index (χ1) is 6.75. The van der Waals surface area contributed by atoms with E-state index in [0.29, 0.717) is 5.15 Å². The zero-order chi connectivity index (χ0) is 9.97. The van der Waals surface area contributed by atoms with Crippen molar-refractivity contribution in [2.24, 2.45) is 5.92 Å². The van der Waals surface area contributed by atoms with Crippen LogP contribution in [-0.2, 0) is 0 Å². The van der Waals surface area contributed by atoms with Gasteiger partial charge in [0.2, 0.25) is 0 Å². The normalized spacial score (nSPS) is 18.6. The summed E-state index contributed by atoms with van der Waals surface area (Å²) in [4.78, 5) is 6.62. The summed E-state index contributed by atoms with van der Waals surface area (Å²) in [6.07, 6.45) is 2.52. The molecule has 0 aliphatic carbocycles. The minimum atomic E-state index is 0.584. The molecule has 1 saturated heterocycles. The Balaban J connectivity index is 2.08. The van der Waals surface area contributed by atoms with Gasteiger partial charge in [0.05, 0.1) is 0 Å². The molecule has 0 unspecified atom stereocenters. The molecule has 0 N–H and O–H groups in total. The van der Waals surface area contributed by atoms with E-state index in [2.05, 4.69) is 16.8 Å². The molecule has 0 saturated carbocycles. The third-order valence-electron chi connectivity index (χ3n) is 2.81. The molecule has 0 amide bonds. The van der Waals surface area contributed by atoms with Crippen molar-refractivity contribution in [3.8, 4) is 0 Å². The van der Waals surface area contributed by atoms with E-state index in [0.717, 1.165) is 24.8 Å². The summed E-state index contributed by atoms with van der Waals surface area (Å²) in [5.41, 5.74) is 0. The molecule has 0 radical (unpaired) electrons. The quantitative estimate of drug-likeness (QED) is 0.663. The highest BCUT2D eigenvalue weighted by atomic mass is 35.5. The summed E-state index contributed by atoms with van der Waals surface area (Å²) in [6, 6.07) is 5.81. The molecule has 0 aromatic carbocycles. The summed E-state index contributed by atoms with van der Waals surface area (Å²) in [5.74, 6) is 1.87. The fourth-order valence-electron chi connectivity index (χ4n) is 1.81. The van der Waals surface area contributed by atoms with Crippen LogP contribution in [0.4, 0.5) is 5.82 Å². The van der Waals surface area contributed by atoms with Gasteiger partial charge in [0.1, 0.15) is 11.0 Å². The van der Waals surface area contributed by atoms with Crippen LogP contribution in [0, 0.1) is 5.92 Å². The van der Waals surface area contributed by atoms with Gasteiger partial charge in [-0.3, -0.25) is 0 Å². The summed E-state index contributed by atoms with van der Waals surface area (Å²) < 4.78 is 0. The van der Waals surface area contributed by atoms with Crippen LogP contribution in [0.15, 0.2) is 18.2 Å². The van der Waals surface area contributed by atoms with E-state index < -0.39 is 0 Å². The lowest BCUT2D eigenvalue weighted by atomic mass is 9.99. The first kappa shape index (κ1) is 9.78. The van der Waals surface area contributed by atoms with E-state index in [1.807, 2.05) is 18.2 Å². The number of halogens is 1. The first-order valence-electron chi connectivity index (χ1n) is 5.13. The summed E-state index contributed by atoms with van der Waals surface area (Å²) >= 11 is 5.85. The number of anilines is 1. The van der Waals surface area contributed by atoms with Gasteiger partial charge in [0, 0.05) is 13.1 Å². The second kappa shape index (κ2) is 4.18. The van der Waals surface area contributed by atoms with Crippen molar-refractivity contribution in [1.29, 1.82) is 0 Å². The zero-order valence-electron chi connectivity index (χ0n) is 8.41. The van der Waals surface area contributed by atoms with E-state index in [1.54, 1.807) is 0 Å². The topological polar surface area (TPSA) is 16.1 Å². The number of rotatable bonds is 1. The van der Waals surface area contributed by atoms with Gasteiger partial charge in [0.15, 0.2) is 0 Å². The molecule has 1 aliphatic rings. The molecule has 1 aromatic heterocycles. The van der Waals surface area contributed by atoms with Crippen molar-refractivity contribution in [2.75, 3.05) is 18.0 Å². The lowest BCUT2D eigenvalue weighted by Gasteiger charge is -2.31. The van der Waals surface area contributed by atoms with Crippen molar-refractivity contribution in [3.63, 3.8) is 0 Å². The van der Waals surface area contributed by atoms with Gasteiger partial charge in [-0.05, 0) is 30.9 Å². The van der Waals surface area contributed by atoms with Gasteiger partial charge >= 0.3 is 0 Å². The third kappa shape index (κ3) is 2.18. The van der Waals surface area contributed by atoms with Crippen LogP contribution in [-0.4, -0.2) is 18.1 Å². The summed E-state index contributed by atoms with van der Waals surface area (Å²) in [7, 11) is 0. The Bertz CT molecular complexity index is 306. The predicted molar refractivity (Wildman–Crippen MR) is 59.9 cm³/mol. The monoisotopic (exact) mass is 210 g/mol. The van der Waals surface area contributed by atoms with E-state index in [-0.39, 0.29) is 0 Å². The second-order valence-electron chi connectivity index (χ2n) is 3.99. The van der Waals surface area contributed by atoms with Gasteiger partial charge < -0.3 is 4.90 Å². The van der Waals surface area contributed by atoms with Crippen LogP contribution in [0.25, 0.3) is 0 Å². The van der Waals surface area contributed by atoms with Crippen LogP contribution in [0.5, 0.6) is 0 Å². The van der Waals surface area contributed by atoms with Gasteiger partial charge in [0.25, 0.3) is 0 Å². The molecule has 0 spiro atoms. The van der Waals surface area contributed by atoms with Crippen molar-refractivity contribution in [1.82, 2.24) is 4.98 Å². The maximum Gasteiger partial charge on any atom is 0.131 e. The highest BCUT2D eigenvalue weighted by molar-refractivity contribution is 6.29. The Morgan fingerprint density at radius 2 is 2.07 bits per heavy atom. The van der Waals surface area contributed by atoms with Gasteiger partial charge in [-0.2, -0.15) is 0 Å². The average molecular weight is 211 g/mol. The fourth-order valence-corrected chi connectivity index (χ4v) is 1.97. The zero-order valence-corrected chi connectivity index (χ0v) is 9.17. The molecule has 0 bridgehead atoms. The summed E-state index contributed by atoms with van der Waals surface area (Å²) in [5, 5.41) is 0.584. The van der Waals surface area contributed by atoms with Crippen LogP contribution in [0.2, 0.25) is 5.15 Å². The van der Waals surface area contributed by atoms with Crippen LogP contribution in [0.3, 0.4) is 0 Å². The third-order valence-corrected chi connectivity index (χ3v) is 3.02. The Kier molecular flexibility index (Phi) is 2.92. The van der Waals surface area contributed by atoms with Crippen LogP contribution in [0.1, 0.15) is 19.8 Å². The van der Waals surface area contributed by atoms with Gasteiger partial charge in [-0.25, -0.2) is 4.98 Å². The molecule has 2 rings (SSSR count). The number of hydrogen-bond donors (Lipinski definition) is 0. The number of piperidine rings is 1. The lowest BCUT2D eigenvalue weighted by Crippen LogP contribution is -2.33. The van der Waals surface area contributed by atoms with E-state index in [1.165, 1.54) is 12.8 Å². The van der Waals surface area contributed by atoms with E-state index in [9.17, 15) is 0 Å². The summed E-state index contributed by atoms with van der Waals surface area (Å²) in [6.45, 7) is 4.52. The molecule has 3 heteroatoms. The number of hydrogen-bond acceptors (Lipinski definition) is 2. The van der Waals surface area contributed by atoms with Crippen molar-refractivity contribution in [2.45, 2.75) is 19.8 Å². The number of nitrogens with zero attached hydrogens (tertiary/aromatic N) is 2. The Morgan fingerprint density at radius 3 is 2.71 bits per heavy atom. The Hall–Kier alpha value is -0.760. The largest absolute Gasteiger partial charge is 0.357 e. The predicted octanol–water partition coefficient (Wildman–Crippen LogP) is 2.97. The fraction of sp³-hybridized carbons (Fsp3) is 0.545. The standard InChI is InChI=1S/C11H15ClN2/c1-9-5-7-14(8-6-9)11-4-2-3-10(12)13-11/h2-4,9H,5-8H2,1H3. The van der Waals surface area contributed by atoms with Crippen molar-refractivity contribution >= 4 is 17.4 Å². The molecule has 2 nitrogen and oxygen atoms in total. The molecule has 0 atom stereocenters. The number of aromatic nitrogens is 1.